The zero-order valence-corrected chi connectivity index (χ0v) is 18.1. The van der Waals surface area contributed by atoms with Gasteiger partial charge in [0.1, 0.15) is 5.82 Å². The zero-order valence-electron chi connectivity index (χ0n) is 18.1. The second-order valence-electron chi connectivity index (χ2n) is 8.50. The zero-order chi connectivity index (χ0) is 21.7. The topological polar surface area (TPSA) is 49.4 Å². The highest BCUT2D eigenvalue weighted by Crippen LogP contribution is 2.36. The maximum atomic E-state index is 14.1. The van der Waals surface area contributed by atoms with Crippen LogP contribution in [0, 0.1) is 11.2 Å². The minimum atomic E-state index is -0.533. The first-order valence-electron chi connectivity index (χ1n) is 10.8. The third-order valence-corrected chi connectivity index (χ3v) is 5.96. The second-order valence-corrected chi connectivity index (χ2v) is 8.50. The Bertz CT molecular complexity index is 884. The second kappa shape index (κ2) is 9.41. The fourth-order valence-electron chi connectivity index (χ4n) is 4.20. The molecule has 0 spiro atoms. The first kappa shape index (κ1) is 22.0. The van der Waals surface area contributed by atoms with Gasteiger partial charge >= 0.3 is 0 Å². The van der Waals surface area contributed by atoms with Crippen LogP contribution in [0.25, 0.3) is 11.1 Å². The molecule has 2 amide bonds. The van der Waals surface area contributed by atoms with E-state index in [9.17, 15) is 14.0 Å². The summed E-state index contributed by atoms with van der Waals surface area (Å²) in [5, 5.41) is 3.08. The Labute approximate surface area is 178 Å². The third kappa shape index (κ3) is 4.89. The molecule has 2 aromatic carbocycles. The van der Waals surface area contributed by atoms with Gasteiger partial charge in [0.2, 0.25) is 11.8 Å². The van der Waals surface area contributed by atoms with Crippen molar-refractivity contribution >= 4 is 11.8 Å². The molecule has 5 heteroatoms. The Kier molecular flexibility index (Phi) is 6.91. The van der Waals surface area contributed by atoms with Gasteiger partial charge in [0, 0.05) is 31.1 Å². The Morgan fingerprint density at radius 1 is 1.07 bits per heavy atom. The first-order valence-corrected chi connectivity index (χ1v) is 10.8. The molecule has 2 aromatic rings. The molecule has 0 bridgehead atoms. The van der Waals surface area contributed by atoms with Gasteiger partial charge in [-0.05, 0) is 50.3 Å². The Morgan fingerprint density at radius 3 is 2.27 bits per heavy atom. The van der Waals surface area contributed by atoms with Crippen LogP contribution in [0.15, 0.2) is 48.5 Å². The van der Waals surface area contributed by atoms with E-state index in [1.807, 2.05) is 56.0 Å². The van der Waals surface area contributed by atoms with E-state index < -0.39 is 5.41 Å². The lowest BCUT2D eigenvalue weighted by Gasteiger charge is -2.41. The average molecular weight is 411 g/mol. The summed E-state index contributed by atoms with van der Waals surface area (Å²) in [6.07, 6.45) is 2.39. The summed E-state index contributed by atoms with van der Waals surface area (Å²) >= 11 is 0. The number of benzene rings is 2. The molecule has 0 unspecified atom stereocenters. The summed E-state index contributed by atoms with van der Waals surface area (Å²) in [6.45, 7) is 7.00. The lowest BCUT2D eigenvalue weighted by molar-refractivity contribution is -0.140. The van der Waals surface area contributed by atoms with Gasteiger partial charge < -0.3 is 10.2 Å². The summed E-state index contributed by atoms with van der Waals surface area (Å²) < 4.78 is 14.1. The number of piperidine rings is 1. The van der Waals surface area contributed by atoms with Crippen LogP contribution in [-0.2, 0) is 16.0 Å². The molecule has 4 nitrogen and oxygen atoms in total. The molecule has 160 valence electrons. The van der Waals surface area contributed by atoms with Gasteiger partial charge in [-0.15, -0.1) is 0 Å². The van der Waals surface area contributed by atoms with E-state index >= 15 is 0 Å². The molecule has 0 saturated carbocycles. The molecule has 0 aliphatic carbocycles. The minimum absolute atomic E-state index is 0.0549. The van der Waals surface area contributed by atoms with Gasteiger partial charge in [0.05, 0.1) is 5.41 Å². The molecule has 0 radical (unpaired) electrons. The average Bonchev–Trinajstić information content (AvgIpc) is 2.74. The highest BCUT2D eigenvalue weighted by atomic mass is 19.1. The molecule has 1 fully saturated rings. The predicted molar refractivity (Wildman–Crippen MR) is 117 cm³/mol. The fraction of sp³-hybridized carbons (Fsp3) is 0.440. The number of nitrogens with one attached hydrogen (secondary N) is 1. The third-order valence-electron chi connectivity index (χ3n) is 5.96. The van der Waals surface area contributed by atoms with Crippen LogP contribution in [-0.4, -0.2) is 35.8 Å². The van der Waals surface area contributed by atoms with Crippen LogP contribution in [0.1, 0.15) is 45.6 Å². The van der Waals surface area contributed by atoms with Crippen molar-refractivity contribution in [3.63, 3.8) is 0 Å². The molecule has 30 heavy (non-hydrogen) atoms. The summed E-state index contributed by atoms with van der Waals surface area (Å²) in [5.41, 5.74) is 1.90. The van der Waals surface area contributed by atoms with Gasteiger partial charge in [-0.2, -0.15) is 0 Å². The quantitative estimate of drug-likeness (QED) is 0.758. The molecule has 1 N–H and O–H groups in total. The SMILES string of the molecule is CCC(=O)N1CCC(Cc2ccc(-c3ccccc3F)cc2)(C(=O)NC(C)C)CC1. The molecule has 1 saturated heterocycles. The Balaban J connectivity index is 1.81. The number of likely N-dealkylation sites (tertiary alicyclic amines) is 1. The monoisotopic (exact) mass is 410 g/mol. The lowest BCUT2D eigenvalue weighted by Crippen LogP contribution is -2.52. The van der Waals surface area contributed by atoms with Gasteiger partial charge in [0.25, 0.3) is 0 Å². The van der Waals surface area contributed by atoms with E-state index in [2.05, 4.69) is 5.32 Å². The Hall–Kier alpha value is -2.69. The summed E-state index contributed by atoms with van der Waals surface area (Å²) in [5.74, 6) is -0.0487. The van der Waals surface area contributed by atoms with E-state index in [1.165, 1.54) is 6.07 Å². The minimum Gasteiger partial charge on any atom is -0.353 e. The van der Waals surface area contributed by atoms with Crippen molar-refractivity contribution in [3.8, 4) is 11.1 Å². The number of hydrogen-bond acceptors (Lipinski definition) is 2. The van der Waals surface area contributed by atoms with E-state index in [1.54, 1.807) is 12.1 Å². The lowest BCUT2D eigenvalue weighted by atomic mass is 9.72. The molecule has 0 atom stereocenters. The van der Waals surface area contributed by atoms with E-state index in [0.717, 1.165) is 11.1 Å². The molecular weight excluding hydrogens is 379 g/mol. The number of rotatable bonds is 6. The van der Waals surface area contributed by atoms with Gasteiger partial charge in [-0.25, -0.2) is 4.39 Å². The maximum Gasteiger partial charge on any atom is 0.226 e. The summed E-state index contributed by atoms with van der Waals surface area (Å²) in [6, 6.07) is 14.6. The summed E-state index contributed by atoms with van der Waals surface area (Å²) in [4.78, 5) is 27.1. The van der Waals surface area contributed by atoms with Crippen molar-refractivity contribution < 1.29 is 14.0 Å². The van der Waals surface area contributed by atoms with Crippen LogP contribution in [0.5, 0.6) is 0 Å². The highest BCUT2D eigenvalue weighted by molar-refractivity contribution is 5.84. The molecule has 1 aliphatic heterocycles. The molecule has 1 heterocycles. The smallest absolute Gasteiger partial charge is 0.226 e. The molecule has 1 aliphatic rings. The van der Waals surface area contributed by atoms with Crippen LogP contribution in [0.2, 0.25) is 0 Å². The normalized spacial score (nSPS) is 15.8. The van der Waals surface area contributed by atoms with Crippen molar-refractivity contribution in [2.24, 2.45) is 5.41 Å². The fourth-order valence-corrected chi connectivity index (χ4v) is 4.20. The van der Waals surface area contributed by atoms with Gasteiger partial charge in [0.15, 0.2) is 0 Å². The van der Waals surface area contributed by atoms with E-state index in [4.69, 9.17) is 0 Å². The molecule has 3 rings (SSSR count). The molecule has 0 aromatic heterocycles. The van der Waals surface area contributed by atoms with Crippen LogP contribution >= 0.6 is 0 Å². The standard InChI is InChI=1S/C25H31FN2O2/c1-4-23(29)28-15-13-25(14-16-28,24(30)27-18(2)3)17-19-9-11-20(12-10-19)21-7-5-6-8-22(21)26/h5-12,18H,4,13-17H2,1-3H3,(H,27,30). The van der Waals surface area contributed by atoms with Crippen molar-refractivity contribution in [2.45, 2.75) is 52.5 Å². The van der Waals surface area contributed by atoms with Crippen LogP contribution in [0.3, 0.4) is 0 Å². The summed E-state index contributed by atoms with van der Waals surface area (Å²) in [7, 11) is 0. The highest BCUT2D eigenvalue weighted by Gasteiger charge is 2.42. The van der Waals surface area contributed by atoms with Crippen LogP contribution < -0.4 is 5.32 Å². The van der Waals surface area contributed by atoms with Crippen molar-refractivity contribution in [1.29, 1.82) is 0 Å². The number of halogens is 1. The van der Waals surface area contributed by atoms with Gasteiger partial charge in [-0.3, -0.25) is 9.59 Å². The van der Waals surface area contributed by atoms with Gasteiger partial charge in [-0.1, -0.05) is 49.4 Å². The van der Waals surface area contributed by atoms with Crippen LogP contribution in [0.4, 0.5) is 4.39 Å². The number of nitrogens with zero attached hydrogens (tertiary/aromatic N) is 1. The van der Waals surface area contributed by atoms with E-state index in [0.29, 0.717) is 44.3 Å². The van der Waals surface area contributed by atoms with Crippen molar-refractivity contribution in [1.82, 2.24) is 10.2 Å². The number of hydrogen-bond donors (Lipinski definition) is 1. The van der Waals surface area contributed by atoms with Crippen molar-refractivity contribution in [2.75, 3.05) is 13.1 Å². The number of carbonyl (C=O) groups is 2. The van der Waals surface area contributed by atoms with E-state index in [-0.39, 0.29) is 23.7 Å². The molecular formula is C25H31FN2O2. The Morgan fingerprint density at radius 2 is 1.70 bits per heavy atom. The maximum absolute atomic E-state index is 14.1. The van der Waals surface area contributed by atoms with Crippen molar-refractivity contribution in [3.05, 3.63) is 59.9 Å². The largest absolute Gasteiger partial charge is 0.353 e. The first-order chi connectivity index (χ1) is 14.3. The number of amides is 2. The predicted octanol–water partition coefficient (Wildman–Crippen LogP) is 4.58. The number of carbonyl (C=O) groups excluding carboxylic acids is 2.